The summed E-state index contributed by atoms with van der Waals surface area (Å²) in [5.41, 5.74) is 0. The van der Waals surface area contributed by atoms with Crippen molar-refractivity contribution >= 4 is 38.6 Å². The predicted octanol–water partition coefficient (Wildman–Crippen LogP) is 2.17. The molecule has 3 rings (SSSR count). The molecule has 0 radical (unpaired) electrons. The molecule has 21 heavy (non-hydrogen) atoms. The molecule has 3 atom stereocenters. The molecule has 0 spiro atoms. The Bertz CT molecular complexity index is 658. The summed E-state index contributed by atoms with van der Waals surface area (Å²) < 4.78 is 27.6. The highest BCUT2D eigenvalue weighted by molar-refractivity contribution is 14.1. The molecule has 0 amide bonds. The van der Waals surface area contributed by atoms with Gasteiger partial charge in [-0.15, -0.1) is 0 Å². The normalized spacial score (nSPS) is 29.5. The molecule has 2 aliphatic rings. The molecule has 1 aliphatic carbocycles. The molecule has 1 aliphatic heterocycles. The van der Waals surface area contributed by atoms with Gasteiger partial charge in [-0.1, -0.05) is 6.42 Å². The molecule has 2 fully saturated rings. The number of halogens is 1. The van der Waals surface area contributed by atoms with Crippen LogP contribution >= 0.6 is 22.6 Å². The monoisotopic (exact) mass is 421 g/mol. The van der Waals surface area contributed by atoms with Gasteiger partial charge in [-0.05, 0) is 71.5 Å². The second-order valence-electron chi connectivity index (χ2n) is 5.67. The van der Waals surface area contributed by atoms with Crippen molar-refractivity contribution in [3.8, 4) is 0 Å². The topological polar surface area (TPSA) is 74.7 Å². The number of hydrogen-bond donors (Lipinski definition) is 1. The van der Waals surface area contributed by atoms with E-state index in [0.29, 0.717) is 6.54 Å². The molecule has 1 aromatic carbocycles. The van der Waals surface area contributed by atoms with Crippen LogP contribution in [0.4, 0.5) is 0 Å². The zero-order chi connectivity index (χ0) is 15.2. The van der Waals surface area contributed by atoms with Crippen LogP contribution in [-0.2, 0) is 14.8 Å². The van der Waals surface area contributed by atoms with Gasteiger partial charge in [0.25, 0.3) is 0 Å². The second-order valence-corrected chi connectivity index (χ2v) is 8.80. The predicted molar refractivity (Wildman–Crippen MR) is 85.3 cm³/mol. The van der Waals surface area contributed by atoms with Crippen LogP contribution in [0.25, 0.3) is 0 Å². The van der Waals surface area contributed by atoms with Crippen molar-refractivity contribution in [2.24, 2.45) is 11.8 Å². The Hall–Kier alpha value is -0.670. The van der Waals surface area contributed by atoms with Gasteiger partial charge in [-0.2, -0.15) is 4.31 Å². The smallest absolute Gasteiger partial charge is 0.322 e. The fraction of sp³-hybridized carbons (Fsp3) is 0.500. The lowest BCUT2D eigenvalue weighted by molar-refractivity contribution is -0.142. The summed E-state index contributed by atoms with van der Waals surface area (Å²) in [7, 11) is -3.74. The largest absolute Gasteiger partial charge is 0.480 e. The van der Waals surface area contributed by atoms with Crippen molar-refractivity contribution in [3.05, 3.63) is 27.8 Å². The Balaban J connectivity index is 1.98. The first kappa shape index (κ1) is 15.2. The van der Waals surface area contributed by atoms with E-state index in [4.69, 9.17) is 0 Å². The van der Waals surface area contributed by atoms with Crippen molar-refractivity contribution in [2.75, 3.05) is 6.54 Å². The third-order valence-electron chi connectivity index (χ3n) is 4.52. The molecule has 0 aromatic heterocycles. The van der Waals surface area contributed by atoms with Crippen LogP contribution in [0, 0.1) is 15.4 Å². The molecule has 1 saturated heterocycles. The van der Waals surface area contributed by atoms with E-state index in [1.54, 1.807) is 24.3 Å². The van der Waals surface area contributed by atoms with Gasteiger partial charge in [0, 0.05) is 10.1 Å². The van der Waals surface area contributed by atoms with Gasteiger partial charge >= 0.3 is 5.97 Å². The summed E-state index contributed by atoms with van der Waals surface area (Å²) in [5, 5.41) is 9.48. The van der Waals surface area contributed by atoms with E-state index in [2.05, 4.69) is 22.6 Å². The molecule has 7 heteroatoms. The number of nitrogens with zero attached hydrogens (tertiary/aromatic N) is 1. The number of sulfonamides is 1. The standard InChI is InChI=1S/C14H16INO4S/c15-10-4-6-11(7-5-10)21(19,20)16-8-9-2-1-3-12(9)13(16)14(17)18/h4-7,9,12-13H,1-3,8H2,(H,17,18). The van der Waals surface area contributed by atoms with E-state index in [-0.39, 0.29) is 16.7 Å². The van der Waals surface area contributed by atoms with Gasteiger partial charge in [0.05, 0.1) is 4.90 Å². The van der Waals surface area contributed by atoms with Gasteiger partial charge in [0.15, 0.2) is 0 Å². The number of fused-ring (bicyclic) bond motifs is 1. The molecule has 0 bridgehead atoms. The highest BCUT2D eigenvalue weighted by Gasteiger charge is 2.52. The highest BCUT2D eigenvalue weighted by Crippen LogP contribution is 2.44. The molecule has 3 unspecified atom stereocenters. The first-order valence-corrected chi connectivity index (χ1v) is 9.43. The van der Waals surface area contributed by atoms with Crippen molar-refractivity contribution in [2.45, 2.75) is 30.2 Å². The Kier molecular flexibility index (Phi) is 4.00. The molecular formula is C14H16INO4S. The summed E-state index contributed by atoms with van der Waals surface area (Å²) in [6, 6.07) is 5.62. The maximum Gasteiger partial charge on any atom is 0.322 e. The van der Waals surface area contributed by atoms with Crippen LogP contribution in [0.1, 0.15) is 19.3 Å². The average molecular weight is 421 g/mol. The van der Waals surface area contributed by atoms with Gasteiger partial charge in [0.1, 0.15) is 6.04 Å². The van der Waals surface area contributed by atoms with Crippen LogP contribution in [0.15, 0.2) is 29.2 Å². The average Bonchev–Trinajstić information content (AvgIpc) is 2.98. The van der Waals surface area contributed by atoms with Gasteiger partial charge in [-0.3, -0.25) is 4.79 Å². The third-order valence-corrected chi connectivity index (χ3v) is 7.10. The first-order valence-electron chi connectivity index (χ1n) is 6.91. The maximum atomic E-state index is 12.8. The molecule has 1 N–H and O–H groups in total. The Labute approximate surface area is 137 Å². The lowest BCUT2D eigenvalue weighted by Crippen LogP contribution is -2.43. The van der Waals surface area contributed by atoms with E-state index < -0.39 is 22.0 Å². The Morgan fingerprint density at radius 1 is 1.24 bits per heavy atom. The number of carboxylic acids is 1. The fourth-order valence-electron chi connectivity index (χ4n) is 3.56. The van der Waals surface area contributed by atoms with Crippen molar-refractivity contribution in [1.82, 2.24) is 4.31 Å². The van der Waals surface area contributed by atoms with Gasteiger partial charge in [0.2, 0.25) is 10.0 Å². The van der Waals surface area contributed by atoms with Crippen molar-refractivity contribution in [3.63, 3.8) is 0 Å². The minimum absolute atomic E-state index is 0.0406. The Morgan fingerprint density at radius 2 is 1.90 bits per heavy atom. The second kappa shape index (κ2) is 5.51. The number of carboxylic acid groups (broad SMARTS) is 1. The van der Waals surface area contributed by atoms with E-state index >= 15 is 0 Å². The first-order chi connectivity index (χ1) is 9.91. The third kappa shape index (κ3) is 2.59. The van der Waals surface area contributed by atoms with Gasteiger partial charge < -0.3 is 5.11 Å². The lowest BCUT2D eigenvalue weighted by atomic mass is 9.94. The summed E-state index contributed by atoms with van der Waals surface area (Å²) in [5.74, 6) is -0.885. The highest BCUT2D eigenvalue weighted by atomic mass is 127. The van der Waals surface area contributed by atoms with Crippen LogP contribution in [-0.4, -0.2) is 36.4 Å². The van der Waals surface area contributed by atoms with Crippen molar-refractivity contribution in [1.29, 1.82) is 0 Å². The minimum Gasteiger partial charge on any atom is -0.480 e. The molecule has 5 nitrogen and oxygen atoms in total. The number of rotatable bonds is 3. The van der Waals surface area contributed by atoms with E-state index in [0.717, 1.165) is 22.8 Å². The van der Waals surface area contributed by atoms with Gasteiger partial charge in [-0.25, -0.2) is 8.42 Å². The maximum absolute atomic E-state index is 12.8. The zero-order valence-corrected chi connectivity index (χ0v) is 14.2. The van der Waals surface area contributed by atoms with Crippen LogP contribution in [0.5, 0.6) is 0 Å². The summed E-state index contributed by atoms with van der Waals surface area (Å²) in [4.78, 5) is 11.8. The van der Waals surface area contributed by atoms with Crippen LogP contribution in [0.3, 0.4) is 0 Å². The quantitative estimate of drug-likeness (QED) is 0.760. The molecule has 1 heterocycles. The van der Waals surface area contributed by atoms with E-state index in [9.17, 15) is 18.3 Å². The SMILES string of the molecule is O=C(O)C1C2CCCC2CN1S(=O)(=O)c1ccc(I)cc1. The number of carbonyl (C=O) groups is 1. The summed E-state index contributed by atoms with van der Waals surface area (Å²) in [6.07, 6.45) is 2.73. The van der Waals surface area contributed by atoms with Crippen LogP contribution < -0.4 is 0 Å². The number of benzene rings is 1. The lowest BCUT2D eigenvalue weighted by Gasteiger charge is -2.23. The Morgan fingerprint density at radius 3 is 2.52 bits per heavy atom. The number of aliphatic carboxylic acids is 1. The van der Waals surface area contributed by atoms with E-state index in [1.165, 1.54) is 4.31 Å². The molecule has 1 aromatic rings. The minimum atomic E-state index is -3.74. The zero-order valence-electron chi connectivity index (χ0n) is 11.3. The molecule has 1 saturated carbocycles. The van der Waals surface area contributed by atoms with Crippen molar-refractivity contribution < 1.29 is 18.3 Å². The summed E-state index contributed by atoms with van der Waals surface area (Å²) in [6.45, 7) is 0.329. The number of hydrogen-bond acceptors (Lipinski definition) is 3. The fourth-order valence-corrected chi connectivity index (χ4v) is 5.61. The summed E-state index contributed by atoms with van der Waals surface area (Å²) >= 11 is 2.11. The van der Waals surface area contributed by atoms with Crippen LogP contribution in [0.2, 0.25) is 0 Å². The molecule has 114 valence electrons. The molecular weight excluding hydrogens is 405 g/mol. The van der Waals surface area contributed by atoms with E-state index in [1.807, 2.05) is 0 Å².